The lowest BCUT2D eigenvalue weighted by molar-refractivity contribution is 0.0467. The number of methoxy groups -OCH3 is 1. The molecule has 3 N–H and O–H groups in total. The van der Waals surface area contributed by atoms with Crippen LogP contribution in [0.3, 0.4) is 0 Å². The summed E-state index contributed by atoms with van der Waals surface area (Å²) in [6.45, 7) is 5.65. The van der Waals surface area contributed by atoms with Gasteiger partial charge in [-0.25, -0.2) is 4.99 Å². The van der Waals surface area contributed by atoms with Crippen molar-refractivity contribution in [1.29, 1.82) is 0 Å². The van der Waals surface area contributed by atoms with Crippen LogP contribution in [-0.2, 0) is 21.5 Å². The molecule has 0 amide bonds. The molecule has 2 rings (SSSR count). The van der Waals surface area contributed by atoms with Crippen molar-refractivity contribution >= 4 is 5.96 Å². The van der Waals surface area contributed by atoms with E-state index in [1.165, 1.54) is 0 Å². The Balaban J connectivity index is 2.01. The van der Waals surface area contributed by atoms with E-state index in [0.717, 1.165) is 30.6 Å². The van der Waals surface area contributed by atoms with Gasteiger partial charge in [0.2, 0.25) is 0 Å². The molecular weight excluding hydrogens is 378 g/mol. The van der Waals surface area contributed by atoms with Gasteiger partial charge in [-0.1, -0.05) is 60.7 Å². The van der Waals surface area contributed by atoms with Crippen molar-refractivity contribution in [3.8, 4) is 0 Å². The van der Waals surface area contributed by atoms with Crippen LogP contribution in [-0.4, -0.2) is 57.6 Å². The summed E-state index contributed by atoms with van der Waals surface area (Å²) in [5, 5.41) is 18.1. The number of benzene rings is 2. The molecule has 0 bridgehead atoms. The fourth-order valence-corrected chi connectivity index (χ4v) is 3.11. The molecule has 30 heavy (non-hydrogen) atoms. The van der Waals surface area contributed by atoms with Crippen molar-refractivity contribution in [2.24, 2.45) is 4.99 Å². The first-order chi connectivity index (χ1) is 14.7. The van der Waals surface area contributed by atoms with Crippen molar-refractivity contribution < 1.29 is 14.6 Å². The maximum Gasteiger partial charge on any atom is 0.191 e. The molecule has 1 unspecified atom stereocenters. The molecule has 0 saturated carbocycles. The van der Waals surface area contributed by atoms with E-state index in [1.807, 2.05) is 67.6 Å². The summed E-state index contributed by atoms with van der Waals surface area (Å²) in [6.07, 6.45) is 1.36. The Morgan fingerprint density at radius 1 is 0.967 bits per heavy atom. The second-order valence-corrected chi connectivity index (χ2v) is 7.14. The molecule has 0 spiro atoms. The zero-order valence-corrected chi connectivity index (χ0v) is 18.1. The molecule has 0 aliphatic heterocycles. The van der Waals surface area contributed by atoms with Crippen LogP contribution in [0, 0.1) is 0 Å². The quantitative estimate of drug-likeness (QED) is 0.267. The van der Waals surface area contributed by atoms with E-state index in [9.17, 15) is 5.11 Å². The van der Waals surface area contributed by atoms with Crippen LogP contribution in [0.4, 0.5) is 0 Å². The normalized spacial score (nSPS) is 13.6. The van der Waals surface area contributed by atoms with Crippen LogP contribution >= 0.6 is 0 Å². The van der Waals surface area contributed by atoms with E-state index in [1.54, 1.807) is 7.11 Å². The van der Waals surface area contributed by atoms with Crippen LogP contribution < -0.4 is 10.6 Å². The van der Waals surface area contributed by atoms with Crippen LogP contribution in [0.1, 0.15) is 24.5 Å². The zero-order chi connectivity index (χ0) is 21.5. The molecule has 0 aliphatic rings. The van der Waals surface area contributed by atoms with Gasteiger partial charge in [0.15, 0.2) is 5.96 Å². The van der Waals surface area contributed by atoms with Crippen molar-refractivity contribution in [3.05, 3.63) is 71.8 Å². The molecule has 0 radical (unpaired) electrons. The van der Waals surface area contributed by atoms with Crippen LogP contribution in [0.15, 0.2) is 65.7 Å². The third kappa shape index (κ3) is 8.53. The predicted molar refractivity (Wildman–Crippen MR) is 122 cm³/mol. The minimum atomic E-state index is -1.09. The minimum absolute atomic E-state index is 0.256. The molecule has 2 aromatic carbocycles. The van der Waals surface area contributed by atoms with Gasteiger partial charge >= 0.3 is 0 Å². The predicted octanol–water partition coefficient (Wildman–Crippen LogP) is 2.73. The molecule has 0 fully saturated rings. The van der Waals surface area contributed by atoms with Gasteiger partial charge in [0, 0.05) is 33.2 Å². The van der Waals surface area contributed by atoms with E-state index in [2.05, 4.69) is 15.6 Å². The van der Waals surface area contributed by atoms with Gasteiger partial charge in [-0.3, -0.25) is 0 Å². The van der Waals surface area contributed by atoms with E-state index in [4.69, 9.17) is 9.47 Å². The maximum atomic E-state index is 11.6. The highest BCUT2D eigenvalue weighted by molar-refractivity contribution is 5.79. The SMILES string of the molecule is CCNC(=NCC(O)(Cc1ccccc1)c1ccccc1)NCCCOCCOC. The van der Waals surface area contributed by atoms with Crippen molar-refractivity contribution in [2.45, 2.75) is 25.4 Å². The average molecular weight is 414 g/mol. The molecular formula is C24H35N3O3. The second-order valence-electron chi connectivity index (χ2n) is 7.14. The average Bonchev–Trinajstić information content (AvgIpc) is 2.78. The van der Waals surface area contributed by atoms with E-state index in [0.29, 0.717) is 32.2 Å². The Labute approximate surface area is 180 Å². The topological polar surface area (TPSA) is 75.1 Å². The molecule has 0 heterocycles. The monoisotopic (exact) mass is 413 g/mol. The van der Waals surface area contributed by atoms with E-state index >= 15 is 0 Å². The lowest BCUT2D eigenvalue weighted by Gasteiger charge is -2.28. The highest BCUT2D eigenvalue weighted by Gasteiger charge is 2.29. The first kappa shape index (κ1) is 23.9. The second kappa shape index (κ2) is 13.7. The summed E-state index contributed by atoms with van der Waals surface area (Å²) in [4.78, 5) is 4.69. The summed E-state index contributed by atoms with van der Waals surface area (Å²) in [5.41, 5.74) is 0.846. The van der Waals surface area contributed by atoms with Crippen molar-refractivity contribution in [1.82, 2.24) is 10.6 Å². The third-order valence-electron chi connectivity index (χ3n) is 4.68. The fraction of sp³-hybridized carbons (Fsp3) is 0.458. The minimum Gasteiger partial charge on any atom is -0.383 e. The largest absolute Gasteiger partial charge is 0.383 e. The number of hydrogen-bond donors (Lipinski definition) is 3. The smallest absolute Gasteiger partial charge is 0.191 e. The molecule has 2 aromatic rings. The number of aliphatic hydroxyl groups is 1. The van der Waals surface area contributed by atoms with Crippen LogP contribution in [0.25, 0.3) is 0 Å². The number of nitrogens with one attached hydrogen (secondary N) is 2. The van der Waals surface area contributed by atoms with Gasteiger partial charge < -0.3 is 25.2 Å². The molecule has 1 atom stereocenters. The summed E-state index contributed by atoms with van der Waals surface area (Å²) in [7, 11) is 1.67. The lowest BCUT2D eigenvalue weighted by Crippen LogP contribution is -2.40. The highest BCUT2D eigenvalue weighted by Crippen LogP contribution is 2.26. The van der Waals surface area contributed by atoms with Crippen LogP contribution in [0.5, 0.6) is 0 Å². The van der Waals surface area contributed by atoms with Gasteiger partial charge in [0.25, 0.3) is 0 Å². The van der Waals surface area contributed by atoms with Crippen LogP contribution in [0.2, 0.25) is 0 Å². The summed E-state index contributed by atoms with van der Waals surface area (Å²) in [5.74, 6) is 0.691. The first-order valence-corrected chi connectivity index (χ1v) is 10.6. The van der Waals surface area contributed by atoms with E-state index in [-0.39, 0.29) is 6.54 Å². The Hall–Kier alpha value is -2.41. The van der Waals surface area contributed by atoms with Crippen molar-refractivity contribution in [3.63, 3.8) is 0 Å². The van der Waals surface area contributed by atoms with Gasteiger partial charge in [-0.2, -0.15) is 0 Å². The number of ether oxygens (including phenoxy) is 2. The molecule has 6 nitrogen and oxygen atoms in total. The Bertz CT molecular complexity index is 725. The highest BCUT2D eigenvalue weighted by atomic mass is 16.5. The summed E-state index contributed by atoms with van der Waals surface area (Å²) in [6, 6.07) is 19.8. The number of hydrogen-bond acceptors (Lipinski definition) is 4. The van der Waals surface area contributed by atoms with Gasteiger partial charge in [0.1, 0.15) is 5.60 Å². The number of nitrogens with zero attached hydrogens (tertiary/aromatic N) is 1. The van der Waals surface area contributed by atoms with Gasteiger partial charge in [0.05, 0.1) is 19.8 Å². The molecule has 0 saturated heterocycles. The third-order valence-corrected chi connectivity index (χ3v) is 4.68. The van der Waals surface area contributed by atoms with Gasteiger partial charge in [-0.05, 0) is 24.5 Å². The molecule has 0 aromatic heterocycles. The van der Waals surface area contributed by atoms with Crippen molar-refractivity contribution in [2.75, 3.05) is 46.6 Å². The summed E-state index contributed by atoms with van der Waals surface area (Å²) < 4.78 is 10.5. The zero-order valence-electron chi connectivity index (χ0n) is 18.1. The maximum absolute atomic E-state index is 11.6. The number of guanidine groups is 1. The van der Waals surface area contributed by atoms with E-state index < -0.39 is 5.60 Å². The Morgan fingerprint density at radius 2 is 1.67 bits per heavy atom. The Kier molecular flexibility index (Phi) is 10.9. The number of rotatable bonds is 13. The summed E-state index contributed by atoms with van der Waals surface area (Å²) >= 11 is 0. The lowest BCUT2D eigenvalue weighted by atomic mass is 9.87. The molecule has 6 heteroatoms. The molecule has 0 aliphatic carbocycles. The fourth-order valence-electron chi connectivity index (χ4n) is 3.11. The molecule has 164 valence electrons. The first-order valence-electron chi connectivity index (χ1n) is 10.6. The van der Waals surface area contributed by atoms with Gasteiger partial charge in [-0.15, -0.1) is 0 Å². The Morgan fingerprint density at radius 3 is 2.33 bits per heavy atom. The standard InChI is InChI=1S/C24H35N3O3/c1-3-25-23(26-15-10-16-30-18-17-29-2)27-20-24(28,22-13-8-5-9-14-22)19-21-11-6-4-7-12-21/h4-9,11-14,28H,3,10,15-20H2,1-2H3,(H2,25,26,27). The number of aliphatic imine (C=N–C) groups is 1.